The van der Waals surface area contributed by atoms with Crippen molar-refractivity contribution in [1.82, 2.24) is 10.2 Å². The second-order valence-electron chi connectivity index (χ2n) is 4.72. The van der Waals surface area contributed by atoms with Crippen LogP contribution in [0.5, 0.6) is 0 Å². The summed E-state index contributed by atoms with van der Waals surface area (Å²) in [5, 5.41) is 12.0. The van der Waals surface area contributed by atoms with E-state index in [9.17, 15) is 0 Å². The van der Waals surface area contributed by atoms with Crippen LogP contribution in [0.15, 0.2) is 0 Å². The van der Waals surface area contributed by atoms with E-state index in [2.05, 4.69) is 24.1 Å². The minimum absolute atomic E-state index is 0.294. The third-order valence-electron chi connectivity index (χ3n) is 3.03. The molecule has 1 saturated heterocycles. The molecule has 4 nitrogen and oxygen atoms in total. The van der Waals surface area contributed by atoms with Crippen molar-refractivity contribution in [3.05, 3.63) is 0 Å². The summed E-state index contributed by atoms with van der Waals surface area (Å²) in [5.74, 6) is 0. The number of hydrogen-bond acceptors (Lipinski definition) is 4. The summed E-state index contributed by atoms with van der Waals surface area (Å²) in [5.41, 5.74) is 0. The Kier molecular flexibility index (Phi) is 6.96. The zero-order chi connectivity index (χ0) is 11.8. The van der Waals surface area contributed by atoms with Gasteiger partial charge in [-0.3, -0.25) is 4.90 Å². The summed E-state index contributed by atoms with van der Waals surface area (Å²) in [6, 6.07) is 0.612. The number of ether oxygens (including phenoxy) is 1. The van der Waals surface area contributed by atoms with E-state index in [1.54, 1.807) is 0 Å². The lowest BCUT2D eigenvalue weighted by molar-refractivity contribution is -0.0370. The van der Waals surface area contributed by atoms with Crippen LogP contribution in [-0.4, -0.2) is 61.5 Å². The quantitative estimate of drug-likeness (QED) is 0.624. The van der Waals surface area contributed by atoms with E-state index < -0.39 is 0 Å². The number of nitrogens with zero attached hydrogens (tertiary/aromatic N) is 1. The van der Waals surface area contributed by atoms with Crippen molar-refractivity contribution in [2.45, 2.75) is 38.8 Å². The highest BCUT2D eigenvalue weighted by atomic mass is 16.5. The highest BCUT2D eigenvalue weighted by Crippen LogP contribution is 2.07. The van der Waals surface area contributed by atoms with Crippen LogP contribution in [0.4, 0.5) is 0 Å². The van der Waals surface area contributed by atoms with Gasteiger partial charge in [0.1, 0.15) is 0 Å². The molecular formula is C12H26N2O2. The van der Waals surface area contributed by atoms with Gasteiger partial charge in [0.15, 0.2) is 0 Å². The maximum atomic E-state index is 8.65. The molecule has 0 radical (unpaired) electrons. The molecular weight excluding hydrogens is 204 g/mol. The first-order valence-corrected chi connectivity index (χ1v) is 6.41. The first-order chi connectivity index (χ1) is 7.74. The van der Waals surface area contributed by atoms with Crippen LogP contribution in [0.2, 0.25) is 0 Å². The fourth-order valence-electron chi connectivity index (χ4n) is 1.96. The van der Waals surface area contributed by atoms with Crippen LogP contribution >= 0.6 is 0 Å². The summed E-state index contributed by atoms with van der Waals surface area (Å²) in [7, 11) is 0. The molecule has 1 fully saturated rings. The van der Waals surface area contributed by atoms with Gasteiger partial charge in [-0.05, 0) is 33.2 Å². The van der Waals surface area contributed by atoms with Gasteiger partial charge in [-0.1, -0.05) is 0 Å². The van der Waals surface area contributed by atoms with Crippen LogP contribution in [0.1, 0.15) is 26.7 Å². The Balaban J connectivity index is 2.07. The van der Waals surface area contributed by atoms with E-state index in [1.807, 2.05) is 0 Å². The number of hydrogen-bond donors (Lipinski definition) is 2. The monoisotopic (exact) mass is 230 g/mol. The molecule has 1 atom stereocenters. The zero-order valence-corrected chi connectivity index (χ0v) is 10.6. The summed E-state index contributed by atoms with van der Waals surface area (Å²) in [4.78, 5) is 2.46. The predicted molar refractivity (Wildman–Crippen MR) is 65.6 cm³/mol. The van der Waals surface area contributed by atoms with E-state index in [0.29, 0.717) is 18.8 Å². The second-order valence-corrected chi connectivity index (χ2v) is 4.72. The van der Waals surface area contributed by atoms with E-state index in [0.717, 1.165) is 45.6 Å². The average Bonchev–Trinajstić information content (AvgIpc) is 2.29. The van der Waals surface area contributed by atoms with E-state index in [4.69, 9.17) is 9.84 Å². The first kappa shape index (κ1) is 13.9. The Bertz CT molecular complexity index is 176. The van der Waals surface area contributed by atoms with Gasteiger partial charge in [0.25, 0.3) is 0 Å². The van der Waals surface area contributed by atoms with Crippen molar-refractivity contribution >= 4 is 0 Å². The van der Waals surface area contributed by atoms with Gasteiger partial charge in [-0.2, -0.15) is 0 Å². The smallest absolute Gasteiger partial charge is 0.0826 e. The number of nitrogens with one attached hydrogen (secondary N) is 1. The van der Waals surface area contributed by atoms with Crippen LogP contribution in [0.3, 0.4) is 0 Å². The largest absolute Gasteiger partial charge is 0.396 e. The predicted octanol–water partition coefficient (Wildman–Crippen LogP) is 0.458. The highest BCUT2D eigenvalue weighted by Gasteiger charge is 2.21. The van der Waals surface area contributed by atoms with Gasteiger partial charge in [-0.15, -0.1) is 0 Å². The van der Waals surface area contributed by atoms with Gasteiger partial charge in [-0.25, -0.2) is 0 Å². The Labute approximate surface area is 99.0 Å². The maximum absolute atomic E-state index is 8.65. The minimum atomic E-state index is 0.294. The molecule has 0 amide bonds. The van der Waals surface area contributed by atoms with Crippen molar-refractivity contribution in [3.8, 4) is 0 Å². The molecule has 1 unspecified atom stereocenters. The van der Waals surface area contributed by atoms with Crippen LogP contribution in [0.25, 0.3) is 0 Å². The molecule has 0 aromatic heterocycles. The third-order valence-corrected chi connectivity index (χ3v) is 3.03. The molecule has 1 heterocycles. The topological polar surface area (TPSA) is 44.7 Å². The summed E-state index contributed by atoms with van der Waals surface area (Å²) in [6.45, 7) is 9.60. The van der Waals surface area contributed by atoms with Crippen molar-refractivity contribution in [3.63, 3.8) is 0 Å². The van der Waals surface area contributed by atoms with Crippen LogP contribution < -0.4 is 5.32 Å². The van der Waals surface area contributed by atoms with E-state index >= 15 is 0 Å². The Morgan fingerprint density at radius 2 is 2.25 bits per heavy atom. The van der Waals surface area contributed by atoms with Crippen LogP contribution in [0, 0.1) is 0 Å². The molecule has 0 aromatic carbocycles. The maximum Gasteiger partial charge on any atom is 0.0826 e. The molecule has 16 heavy (non-hydrogen) atoms. The summed E-state index contributed by atoms with van der Waals surface area (Å²) in [6.07, 6.45) is 2.25. The molecule has 1 rings (SSSR count). The van der Waals surface area contributed by atoms with Gasteiger partial charge in [0, 0.05) is 32.3 Å². The molecule has 96 valence electrons. The van der Waals surface area contributed by atoms with Crippen molar-refractivity contribution in [1.29, 1.82) is 0 Å². The lowest BCUT2D eigenvalue weighted by atomic mass is 10.2. The standard InChI is InChI=1S/C12H26N2O2/c1-11(2)14-6-8-16-12(10-14)9-13-5-3-4-7-15/h11-13,15H,3-10H2,1-2H3. The molecule has 1 aliphatic rings. The molecule has 0 spiro atoms. The fourth-order valence-corrected chi connectivity index (χ4v) is 1.96. The number of morpholine rings is 1. The van der Waals surface area contributed by atoms with Crippen molar-refractivity contribution in [2.24, 2.45) is 0 Å². The van der Waals surface area contributed by atoms with E-state index in [-0.39, 0.29) is 0 Å². The first-order valence-electron chi connectivity index (χ1n) is 6.41. The number of aliphatic hydroxyl groups excluding tert-OH is 1. The molecule has 0 saturated carbocycles. The molecule has 2 N–H and O–H groups in total. The van der Waals surface area contributed by atoms with Gasteiger partial charge in [0.05, 0.1) is 12.7 Å². The molecule has 4 heteroatoms. The molecule has 0 aliphatic carbocycles. The van der Waals surface area contributed by atoms with Crippen molar-refractivity contribution < 1.29 is 9.84 Å². The number of aliphatic hydroxyl groups is 1. The fraction of sp³-hybridized carbons (Fsp3) is 1.00. The Morgan fingerprint density at radius 3 is 2.94 bits per heavy atom. The van der Waals surface area contributed by atoms with E-state index in [1.165, 1.54) is 0 Å². The molecule has 0 aromatic rings. The molecule has 1 aliphatic heterocycles. The number of rotatable bonds is 7. The summed E-state index contributed by atoms with van der Waals surface area (Å²) < 4.78 is 5.71. The van der Waals surface area contributed by atoms with Gasteiger partial charge in [0.2, 0.25) is 0 Å². The highest BCUT2D eigenvalue weighted by molar-refractivity contribution is 4.75. The SMILES string of the molecule is CC(C)N1CCOC(CNCCCCO)C1. The van der Waals surface area contributed by atoms with Crippen LogP contribution in [-0.2, 0) is 4.74 Å². The van der Waals surface area contributed by atoms with Gasteiger partial charge < -0.3 is 15.2 Å². The van der Waals surface area contributed by atoms with Gasteiger partial charge >= 0.3 is 0 Å². The third kappa shape index (κ3) is 5.25. The molecule has 0 bridgehead atoms. The summed E-state index contributed by atoms with van der Waals surface area (Å²) >= 11 is 0. The number of unbranched alkanes of at least 4 members (excludes halogenated alkanes) is 1. The van der Waals surface area contributed by atoms with Crippen molar-refractivity contribution in [2.75, 3.05) is 39.4 Å². The Hall–Kier alpha value is -0.160. The minimum Gasteiger partial charge on any atom is -0.396 e. The Morgan fingerprint density at radius 1 is 1.44 bits per heavy atom. The lowest BCUT2D eigenvalue weighted by Crippen LogP contribution is -2.49. The zero-order valence-electron chi connectivity index (χ0n) is 10.6. The average molecular weight is 230 g/mol. The lowest BCUT2D eigenvalue weighted by Gasteiger charge is -2.35. The second kappa shape index (κ2) is 8.01. The normalized spacial score (nSPS) is 22.9.